The van der Waals surface area contributed by atoms with Crippen LogP contribution < -0.4 is 5.32 Å². The third-order valence-corrected chi connectivity index (χ3v) is 3.80. The molecule has 80 valence electrons. The Morgan fingerprint density at radius 3 is 2.80 bits per heavy atom. The number of aromatic nitrogens is 1. The van der Waals surface area contributed by atoms with Crippen LogP contribution in [0.15, 0.2) is 29.3 Å². The third kappa shape index (κ3) is 2.41. The number of hydrogen-bond acceptors (Lipinski definition) is 3. The van der Waals surface area contributed by atoms with Gasteiger partial charge in [-0.15, -0.1) is 11.8 Å². The average Bonchev–Trinajstić information content (AvgIpc) is 2.41. The first-order chi connectivity index (χ1) is 7.08. The molecule has 15 heavy (non-hydrogen) atoms. The summed E-state index contributed by atoms with van der Waals surface area (Å²) in [5.74, 6) is 0. The summed E-state index contributed by atoms with van der Waals surface area (Å²) in [5, 5.41) is 4.01. The Labute approximate surface area is 95.2 Å². The molecule has 0 spiro atoms. The SMILES string of the molecule is CC1NC(C)(C)C(=Cc2ccccn2)S1. The third-order valence-electron chi connectivity index (χ3n) is 2.45. The maximum absolute atomic E-state index is 4.32. The molecule has 1 unspecified atom stereocenters. The molecule has 1 fully saturated rings. The van der Waals surface area contributed by atoms with Crippen molar-refractivity contribution in [1.29, 1.82) is 0 Å². The van der Waals surface area contributed by atoms with Gasteiger partial charge in [-0.25, -0.2) is 0 Å². The minimum absolute atomic E-state index is 0.0710. The van der Waals surface area contributed by atoms with Gasteiger partial charge in [0.1, 0.15) is 0 Å². The van der Waals surface area contributed by atoms with Crippen LogP contribution in [-0.2, 0) is 0 Å². The van der Waals surface area contributed by atoms with Gasteiger partial charge in [-0.2, -0.15) is 0 Å². The van der Waals surface area contributed by atoms with Gasteiger partial charge in [-0.3, -0.25) is 10.3 Å². The van der Waals surface area contributed by atoms with Crippen LogP contribution in [0, 0.1) is 0 Å². The molecule has 0 aliphatic carbocycles. The van der Waals surface area contributed by atoms with E-state index < -0.39 is 0 Å². The molecule has 1 aromatic heterocycles. The van der Waals surface area contributed by atoms with Crippen LogP contribution in [0.25, 0.3) is 6.08 Å². The lowest BCUT2D eigenvalue weighted by Crippen LogP contribution is -2.36. The van der Waals surface area contributed by atoms with E-state index in [9.17, 15) is 0 Å². The van der Waals surface area contributed by atoms with Crippen molar-refractivity contribution in [3.63, 3.8) is 0 Å². The second-order valence-corrected chi connectivity index (χ2v) is 5.68. The number of nitrogens with one attached hydrogen (secondary N) is 1. The van der Waals surface area contributed by atoms with E-state index in [1.165, 1.54) is 4.91 Å². The minimum Gasteiger partial charge on any atom is -0.296 e. The summed E-state index contributed by atoms with van der Waals surface area (Å²) in [5.41, 5.74) is 1.10. The highest BCUT2D eigenvalue weighted by Gasteiger charge is 2.33. The van der Waals surface area contributed by atoms with E-state index in [0.717, 1.165) is 5.69 Å². The van der Waals surface area contributed by atoms with Gasteiger partial charge in [0, 0.05) is 16.6 Å². The van der Waals surface area contributed by atoms with E-state index in [4.69, 9.17) is 0 Å². The highest BCUT2D eigenvalue weighted by molar-refractivity contribution is 8.04. The van der Waals surface area contributed by atoms with E-state index in [1.54, 1.807) is 0 Å². The molecule has 0 bridgehead atoms. The van der Waals surface area contributed by atoms with Gasteiger partial charge in [0.15, 0.2) is 0 Å². The zero-order valence-electron chi connectivity index (χ0n) is 9.32. The van der Waals surface area contributed by atoms with Crippen molar-refractivity contribution in [2.45, 2.75) is 31.7 Å². The average molecular weight is 220 g/mol. The van der Waals surface area contributed by atoms with Crippen molar-refractivity contribution in [3.8, 4) is 0 Å². The zero-order chi connectivity index (χ0) is 10.9. The molecule has 1 aliphatic heterocycles. The molecule has 0 amide bonds. The first-order valence-electron chi connectivity index (χ1n) is 5.15. The minimum atomic E-state index is 0.0710. The lowest BCUT2D eigenvalue weighted by atomic mass is 10.0. The highest BCUT2D eigenvalue weighted by atomic mass is 32.2. The predicted molar refractivity (Wildman–Crippen MR) is 66.5 cm³/mol. The Morgan fingerprint density at radius 2 is 2.27 bits per heavy atom. The van der Waals surface area contributed by atoms with Crippen molar-refractivity contribution in [1.82, 2.24) is 10.3 Å². The van der Waals surface area contributed by atoms with Gasteiger partial charge in [0.05, 0.1) is 11.1 Å². The molecular formula is C12H16N2S. The molecule has 0 radical (unpaired) electrons. The Morgan fingerprint density at radius 1 is 1.47 bits per heavy atom. The molecular weight excluding hydrogens is 204 g/mol. The van der Waals surface area contributed by atoms with Crippen molar-refractivity contribution in [2.24, 2.45) is 0 Å². The second-order valence-electron chi connectivity index (χ2n) is 4.29. The molecule has 0 saturated carbocycles. The van der Waals surface area contributed by atoms with Crippen LogP contribution in [0.4, 0.5) is 0 Å². The normalized spacial score (nSPS) is 27.1. The molecule has 1 aromatic rings. The molecule has 2 nitrogen and oxygen atoms in total. The Kier molecular flexibility index (Phi) is 2.85. The van der Waals surface area contributed by atoms with Crippen molar-refractivity contribution < 1.29 is 0 Å². The van der Waals surface area contributed by atoms with Crippen LogP contribution in [-0.4, -0.2) is 15.9 Å². The number of pyridine rings is 1. The first-order valence-corrected chi connectivity index (χ1v) is 6.03. The number of nitrogens with zero attached hydrogens (tertiary/aromatic N) is 1. The van der Waals surface area contributed by atoms with E-state index in [0.29, 0.717) is 5.37 Å². The molecule has 2 heterocycles. The maximum atomic E-state index is 4.32. The predicted octanol–water partition coefficient (Wildman–Crippen LogP) is 2.88. The number of rotatable bonds is 1. The van der Waals surface area contributed by atoms with Crippen molar-refractivity contribution in [2.75, 3.05) is 0 Å². The topological polar surface area (TPSA) is 24.9 Å². The fourth-order valence-corrected chi connectivity index (χ4v) is 3.03. The monoisotopic (exact) mass is 220 g/mol. The summed E-state index contributed by atoms with van der Waals surface area (Å²) in [6, 6.07) is 5.99. The maximum Gasteiger partial charge on any atom is 0.0638 e. The highest BCUT2D eigenvalue weighted by Crippen LogP contribution is 2.38. The number of thioether (sulfide) groups is 1. The summed E-state index contributed by atoms with van der Waals surface area (Å²) in [6.07, 6.45) is 4.00. The van der Waals surface area contributed by atoms with Gasteiger partial charge in [0.2, 0.25) is 0 Å². The van der Waals surface area contributed by atoms with E-state index in [2.05, 4.69) is 37.1 Å². The smallest absolute Gasteiger partial charge is 0.0638 e. The summed E-state index contributed by atoms with van der Waals surface area (Å²) in [4.78, 5) is 5.67. The van der Waals surface area contributed by atoms with Gasteiger partial charge < -0.3 is 0 Å². The molecule has 1 atom stereocenters. The van der Waals surface area contributed by atoms with Crippen LogP contribution in [0.1, 0.15) is 26.5 Å². The Balaban J connectivity index is 2.28. The van der Waals surface area contributed by atoms with Gasteiger partial charge in [0.25, 0.3) is 0 Å². The quantitative estimate of drug-likeness (QED) is 0.787. The van der Waals surface area contributed by atoms with E-state index in [1.807, 2.05) is 36.2 Å². The summed E-state index contributed by atoms with van der Waals surface area (Å²) < 4.78 is 0. The number of hydrogen-bond donors (Lipinski definition) is 1. The van der Waals surface area contributed by atoms with Crippen molar-refractivity contribution >= 4 is 17.8 Å². The van der Waals surface area contributed by atoms with E-state index >= 15 is 0 Å². The summed E-state index contributed by atoms with van der Waals surface area (Å²) in [6.45, 7) is 6.60. The summed E-state index contributed by atoms with van der Waals surface area (Å²) >= 11 is 1.88. The lowest BCUT2D eigenvalue weighted by molar-refractivity contribution is 0.489. The molecule has 1 aliphatic rings. The molecule has 3 heteroatoms. The Hall–Kier alpha value is -0.800. The first kappa shape index (κ1) is 10.7. The standard InChI is InChI=1S/C12H16N2S/c1-9-14-12(2,3)11(15-9)8-10-6-4-5-7-13-10/h4-9,14H,1-3H3. The molecule has 2 rings (SSSR count). The summed E-state index contributed by atoms with van der Waals surface area (Å²) in [7, 11) is 0. The van der Waals surface area contributed by atoms with Crippen LogP contribution >= 0.6 is 11.8 Å². The molecule has 1 saturated heterocycles. The molecule has 0 aromatic carbocycles. The second kappa shape index (κ2) is 3.99. The van der Waals surface area contributed by atoms with Crippen LogP contribution in [0.2, 0.25) is 0 Å². The van der Waals surface area contributed by atoms with Crippen LogP contribution in [0.3, 0.4) is 0 Å². The fourth-order valence-electron chi connectivity index (χ4n) is 1.76. The fraction of sp³-hybridized carbons (Fsp3) is 0.417. The largest absolute Gasteiger partial charge is 0.296 e. The van der Waals surface area contributed by atoms with Gasteiger partial charge >= 0.3 is 0 Å². The van der Waals surface area contributed by atoms with Gasteiger partial charge in [-0.1, -0.05) is 6.07 Å². The Bertz CT molecular complexity index is 370. The zero-order valence-corrected chi connectivity index (χ0v) is 10.1. The lowest BCUT2D eigenvalue weighted by Gasteiger charge is -2.19. The molecule has 1 N–H and O–H groups in total. The van der Waals surface area contributed by atoms with Crippen molar-refractivity contribution in [3.05, 3.63) is 35.0 Å². The van der Waals surface area contributed by atoms with Crippen LogP contribution in [0.5, 0.6) is 0 Å². The van der Waals surface area contributed by atoms with E-state index in [-0.39, 0.29) is 5.54 Å². The van der Waals surface area contributed by atoms with Gasteiger partial charge in [-0.05, 0) is 39.0 Å².